The summed E-state index contributed by atoms with van der Waals surface area (Å²) >= 11 is 0. The number of phenolic OH excluding ortho intramolecular Hbond substituents is 1. The lowest BCUT2D eigenvalue weighted by Gasteiger charge is -2.06. The molecule has 0 fully saturated rings. The Balaban J connectivity index is 0.00000400. The van der Waals surface area contributed by atoms with Crippen molar-refractivity contribution in [3.05, 3.63) is 29.8 Å². The lowest BCUT2D eigenvalue weighted by Crippen LogP contribution is -2.24. The van der Waals surface area contributed by atoms with Crippen molar-refractivity contribution in [2.45, 2.75) is 38.5 Å². The average Bonchev–Trinajstić information content (AvgIpc) is 2.41. The van der Waals surface area contributed by atoms with E-state index in [4.69, 9.17) is 5.11 Å². The zero-order valence-corrected chi connectivity index (χ0v) is 11.5. The topological polar surface area (TPSA) is 86.6 Å². The smallest absolute Gasteiger partial charge is 0.303 e. The number of unbranched alkanes of at least 4 members (excludes halogenated alkanes) is 4. The number of phenols is 1. The molecule has 0 radical (unpaired) electrons. The molecule has 112 valence electrons. The molecule has 5 nitrogen and oxygen atoms in total. The minimum Gasteiger partial charge on any atom is -0.507 e. The first-order valence-corrected chi connectivity index (χ1v) is 6.89. The van der Waals surface area contributed by atoms with Gasteiger partial charge in [0.2, 0.25) is 0 Å². The monoisotopic (exact) mass is 281 g/mol. The van der Waals surface area contributed by atoms with Crippen LogP contribution in [-0.4, -0.2) is 28.6 Å². The maximum absolute atomic E-state index is 11.7. The number of nitrogens with one attached hydrogen (secondary N) is 1. The van der Waals surface area contributed by atoms with E-state index in [0.717, 1.165) is 25.7 Å². The van der Waals surface area contributed by atoms with E-state index in [9.17, 15) is 14.7 Å². The van der Waals surface area contributed by atoms with E-state index >= 15 is 0 Å². The molecular formula is C15H23NO4. The maximum Gasteiger partial charge on any atom is 0.303 e. The molecule has 20 heavy (non-hydrogen) atoms. The van der Waals surface area contributed by atoms with Crippen LogP contribution in [0.4, 0.5) is 0 Å². The lowest BCUT2D eigenvalue weighted by atomic mass is 10.1. The van der Waals surface area contributed by atoms with Gasteiger partial charge < -0.3 is 15.5 Å². The van der Waals surface area contributed by atoms with Crippen LogP contribution in [0.5, 0.6) is 5.75 Å². The van der Waals surface area contributed by atoms with E-state index in [-0.39, 0.29) is 25.1 Å². The van der Waals surface area contributed by atoms with E-state index in [1.807, 2.05) is 0 Å². The fraction of sp³-hybridized carbons (Fsp3) is 0.467. The summed E-state index contributed by atoms with van der Waals surface area (Å²) in [5.41, 5.74) is 0.286. The van der Waals surface area contributed by atoms with Crippen LogP contribution in [-0.2, 0) is 4.79 Å². The molecule has 1 rings (SSSR count). The SMILES string of the molecule is O=C(O)CCCCCCCNC(=O)c1ccccc1O.[HH]. The number of benzene rings is 1. The van der Waals surface area contributed by atoms with Gasteiger partial charge in [-0.15, -0.1) is 0 Å². The Morgan fingerprint density at radius 2 is 1.70 bits per heavy atom. The second kappa shape index (κ2) is 8.96. The molecule has 0 bridgehead atoms. The molecule has 0 aliphatic rings. The molecule has 1 aromatic carbocycles. The number of amides is 1. The molecule has 0 heterocycles. The largest absolute Gasteiger partial charge is 0.507 e. The Morgan fingerprint density at radius 3 is 2.40 bits per heavy atom. The first-order valence-electron chi connectivity index (χ1n) is 6.89. The van der Waals surface area contributed by atoms with Crippen LogP contribution >= 0.6 is 0 Å². The van der Waals surface area contributed by atoms with Crippen molar-refractivity contribution in [1.29, 1.82) is 0 Å². The predicted molar refractivity (Wildman–Crippen MR) is 77.9 cm³/mol. The molecule has 0 aromatic heterocycles. The Labute approximate surface area is 120 Å². The highest BCUT2D eigenvalue weighted by atomic mass is 16.4. The molecule has 5 heteroatoms. The first-order chi connectivity index (χ1) is 9.61. The number of hydrogen-bond acceptors (Lipinski definition) is 3. The molecule has 0 saturated carbocycles. The number of hydrogen-bond donors (Lipinski definition) is 3. The summed E-state index contributed by atoms with van der Waals surface area (Å²) in [6.07, 6.45) is 4.62. The molecule has 1 amide bonds. The molecule has 0 aliphatic carbocycles. The van der Waals surface area contributed by atoms with Crippen molar-refractivity contribution in [1.82, 2.24) is 5.32 Å². The van der Waals surface area contributed by atoms with Gasteiger partial charge in [0.1, 0.15) is 5.75 Å². The van der Waals surface area contributed by atoms with E-state index in [2.05, 4.69) is 5.32 Å². The van der Waals surface area contributed by atoms with Gasteiger partial charge in [-0.05, 0) is 25.0 Å². The van der Waals surface area contributed by atoms with Crippen molar-refractivity contribution in [3.63, 3.8) is 0 Å². The third-order valence-corrected chi connectivity index (χ3v) is 3.00. The molecule has 3 N–H and O–H groups in total. The third-order valence-electron chi connectivity index (χ3n) is 3.00. The van der Waals surface area contributed by atoms with E-state index < -0.39 is 5.97 Å². The summed E-state index contributed by atoms with van der Waals surface area (Å²) in [7, 11) is 0. The summed E-state index contributed by atoms with van der Waals surface area (Å²) in [4.78, 5) is 22.0. The Hall–Kier alpha value is -2.04. The molecule has 0 aliphatic heterocycles. The minimum atomic E-state index is -0.750. The highest BCUT2D eigenvalue weighted by Crippen LogP contribution is 2.15. The summed E-state index contributed by atoms with van der Waals surface area (Å²) < 4.78 is 0. The van der Waals surface area contributed by atoms with Crippen LogP contribution in [0.15, 0.2) is 24.3 Å². The van der Waals surface area contributed by atoms with Gasteiger partial charge in [0, 0.05) is 14.4 Å². The summed E-state index contributed by atoms with van der Waals surface area (Å²) in [6, 6.07) is 6.44. The van der Waals surface area contributed by atoms with Crippen LogP contribution in [0.1, 0.15) is 50.3 Å². The van der Waals surface area contributed by atoms with Gasteiger partial charge in [-0.3, -0.25) is 9.59 Å². The molecule has 0 spiro atoms. The average molecular weight is 281 g/mol. The van der Waals surface area contributed by atoms with Crippen LogP contribution < -0.4 is 5.32 Å². The number of para-hydroxylation sites is 1. The molecule has 0 saturated heterocycles. The van der Waals surface area contributed by atoms with E-state index in [1.54, 1.807) is 18.2 Å². The zero-order valence-electron chi connectivity index (χ0n) is 11.5. The fourth-order valence-corrected chi connectivity index (χ4v) is 1.89. The number of aromatic hydroxyl groups is 1. The number of carbonyl (C=O) groups excluding carboxylic acids is 1. The highest BCUT2D eigenvalue weighted by molar-refractivity contribution is 5.96. The van der Waals surface area contributed by atoms with Gasteiger partial charge in [0.05, 0.1) is 5.56 Å². The second-order valence-electron chi connectivity index (χ2n) is 4.68. The zero-order chi connectivity index (χ0) is 14.8. The number of carboxylic acids is 1. The van der Waals surface area contributed by atoms with Gasteiger partial charge in [0.25, 0.3) is 5.91 Å². The van der Waals surface area contributed by atoms with E-state index in [1.165, 1.54) is 6.07 Å². The van der Waals surface area contributed by atoms with Gasteiger partial charge in [-0.2, -0.15) is 0 Å². The minimum absolute atomic E-state index is 0. The standard InChI is InChI=1S/C15H21NO4.H2/c17-13-9-6-5-8-12(13)15(20)16-11-7-3-1-2-4-10-14(18)19;/h5-6,8-9,17H,1-4,7,10-11H2,(H,16,20)(H,18,19);1H. The van der Waals surface area contributed by atoms with Gasteiger partial charge >= 0.3 is 5.97 Å². The normalized spacial score (nSPS) is 10.2. The lowest BCUT2D eigenvalue weighted by molar-refractivity contribution is -0.137. The number of carboxylic acid groups (broad SMARTS) is 1. The van der Waals surface area contributed by atoms with Gasteiger partial charge in [-0.1, -0.05) is 31.4 Å². The molecular weight excluding hydrogens is 258 g/mol. The van der Waals surface area contributed by atoms with Crippen molar-refractivity contribution in [2.75, 3.05) is 6.54 Å². The van der Waals surface area contributed by atoms with Gasteiger partial charge in [-0.25, -0.2) is 0 Å². The molecule has 1 aromatic rings. The number of rotatable bonds is 9. The third kappa shape index (κ3) is 6.22. The molecule has 0 atom stereocenters. The maximum atomic E-state index is 11.7. The van der Waals surface area contributed by atoms with Crippen LogP contribution in [0, 0.1) is 0 Å². The quantitative estimate of drug-likeness (QED) is 0.607. The summed E-state index contributed by atoms with van der Waals surface area (Å²) in [6.45, 7) is 0.562. The van der Waals surface area contributed by atoms with Crippen molar-refractivity contribution < 1.29 is 21.2 Å². The van der Waals surface area contributed by atoms with Crippen LogP contribution in [0.3, 0.4) is 0 Å². The number of carbonyl (C=O) groups is 2. The Morgan fingerprint density at radius 1 is 1.05 bits per heavy atom. The summed E-state index contributed by atoms with van der Waals surface area (Å²) in [5.74, 6) is -1.03. The Bertz CT molecular complexity index is 451. The van der Waals surface area contributed by atoms with Gasteiger partial charge in [0.15, 0.2) is 0 Å². The van der Waals surface area contributed by atoms with Crippen LogP contribution in [0.25, 0.3) is 0 Å². The summed E-state index contributed by atoms with van der Waals surface area (Å²) in [5, 5.41) is 20.8. The highest BCUT2D eigenvalue weighted by Gasteiger charge is 2.08. The second-order valence-corrected chi connectivity index (χ2v) is 4.68. The number of aliphatic carboxylic acids is 1. The predicted octanol–water partition coefficient (Wildman–Crippen LogP) is 2.79. The van der Waals surface area contributed by atoms with E-state index in [0.29, 0.717) is 13.0 Å². The van der Waals surface area contributed by atoms with Crippen molar-refractivity contribution in [3.8, 4) is 5.75 Å². The van der Waals surface area contributed by atoms with Crippen molar-refractivity contribution >= 4 is 11.9 Å². The van der Waals surface area contributed by atoms with Crippen molar-refractivity contribution in [2.24, 2.45) is 0 Å². The van der Waals surface area contributed by atoms with Crippen LogP contribution in [0.2, 0.25) is 0 Å². The fourth-order valence-electron chi connectivity index (χ4n) is 1.89. The Kier molecular flexibility index (Phi) is 7.17. The first kappa shape index (κ1) is 16.0. The molecule has 0 unspecified atom stereocenters.